The van der Waals surface area contributed by atoms with Crippen molar-refractivity contribution in [2.24, 2.45) is 5.73 Å². The highest BCUT2D eigenvalue weighted by molar-refractivity contribution is 5.85. The minimum Gasteiger partial charge on any atom is -0.390 e. The number of aliphatic hydroxyl groups excluding tert-OH is 1. The van der Waals surface area contributed by atoms with Crippen LogP contribution in [0.2, 0.25) is 0 Å². The summed E-state index contributed by atoms with van der Waals surface area (Å²) in [6.07, 6.45) is 5.46. The van der Waals surface area contributed by atoms with Crippen LogP contribution >= 0.6 is 0 Å². The number of rotatable bonds is 6. The summed E-state index contributed by atoms with van der Waals surface area (Å²) >= 11 is 0. The molecule has 0 aliphatic carbocycles. The third kappa shape index (κ3) is 2.60. The highest BCUT2D eigenvalue weighted by atomic mass is 16.3. The standard InChI is InChI=1S/C13H22N3O3/c1-15(9-17)7-11(18)8-16-10-3-2-5-13(16,6-4-10)12(14)19/h2,9-11,18H,3-8H2,1H3,(H2,14,19)/t10-,11?,13+/m1/s1. The van der Waals surface area contributed by atoms with E-state index in [1.165, 1.54) is 4.90 Å². The molecule has 2 saturated heterocycles. The van der Waals surface area contributed by atoms with Crippen molar-refractivity contribution in [3.05, 3.63) is 6.42 Å². The zero-order valence-electron chi connectivity index (χ0n) is 11.3. The average molecular weight is 268 g/mol. The molecule has 0 aromatic rings. The van der Waals surface area contributed by atoms with Crippen LogP contribution in [0.25, 0.3) is 0 Å². The van der Waals surface area contributed by atoms with Gasteiger partial charge in [-0.15, -0.1) is 0 Å². The second-order valence-corrected chi connectivity index (χ2v) is 5.67. The van der Waals surface area contributed by atoms with Crippen molar-refractivity contribution < 1.29 is 14.7 Å². The molecule has 0 saturated carbocycles. The molecule has 2 fully saturated rings. The van der Waals surface area contributed by atoms with E-state index in [1.54, 1.807) is 7.05 Å². The van der Waals surface area contributed by atoms with Crippen LogP contribution in [-0.4, -0.2) is 65.0 Å². The van der Waals surface area contributed by atoms with Gasteiger partial charge in [-0.2, -0.15) is 0 Å². The third-order valence-electron chi connectivity index (χ3n) is 4.35. The molecule has 0 spiro atoms. The lowest BCUT2D eigenvalue weighted by atomic mass is 9.87. The number of nitrogens with two attached hydrogens (primary N) is 1. The maximum Gasteiger partial charge on any atom is 0.237 e. The van der Waals surface area contributed by atoms with Crippen molar-refractivity contribution in [1.82, 2.24) is 9.80 Å². The minimum atomic E-state index is -0.660. The van der Waals surface area contributed by atoms with E-state index in [1.807, 2.05) is 0 Å². The molecule has 1 radical (unpaired) electrons. The van der Waals surface area contributed by atoms with Gasteiger partial charge in [0.15, 0.2) is 0 Å². The summed E-state index contributed by atoms with van der Waals surface area (Å²) in [5, 5.41) is 10.1. The molecule has 2 aliphatic heterocycles. The maximum absolute atomic E-state index is 11.8. The molecule has 6 nitrogen and oxygen atoms in total. The third-order valence-corrected chi connectivity index (χ3v) is 4.35. The lowest BCUT2D eigenvalue weighted by molar-refractivity contribution is -0.132. The van der Waals surface area contributed by atoms with Gasteiger partial charge in [0.1, 0.15) is 5.54 Å². The molecular formula is C13H22N3O3. The van der Waals surface area contributed by atoms with Crippen molar-refractivity contribution >= 4 is 12.3 Å². The Morgan fingerprint density at radius 3 is 3.11 bits per heavy atom. The number of hydrogen-bond donors (Lipinski definition) is 2. The Hall–Kier alpha value is -1.14. The van der Waals surface area contributed by atoms with E-state index < -0.39 is 11.6 Å². The molecule has 3 atom stereocenters. The van der Waals surface area contributed by atoms with Crippen LogP contribution in [0.3, 0.4) is 0 Å². The first kappa shape index (κ1) is 14.3. The number of carbonyl (C=O) groups excluding carboxylic acids is 2. The molecule has 2 rings (SSSR count). The normalized spacial score (nSPS) is 32.0. The van der Waals surface area contributed by atoms with Gasteiger partial charge in [0.05, 0.1) is 6.10 Å². The number of piperidine rings is 1. The first-order chi connectivity index (χ1) is 8.99. The fourth-order valence-corrected chi connectivity index (χ4v) is 3.38. The predicted octanol–water partition coefficient (Wildman–Crippen LogP) is -0.878. The number of fused-ring (bicyclic) bond motifs is 2. The number of amides is 2. The fourth-order valence-electron chi connectivity index (χ4n) is 3.38. The number of carbonyl (C=O) groups is 2. The van der Waals surface area contributed by atoms with Crippen LogP contribution in [0.5, 0.6) is 0 Å². The Balaban J connectivity index is 2.05. The molecule has 0 aromatic carbocycles. The summed E-state index contributed by atoms with van der Waals surface area (Å²) in [6, 6.07) is 0.289. The van der Waals surface area contributed by atoms with Crippen molar-refractivity contribution in [3.63, 3.8) is 0 Å². The SMILES string of the molecule is CN(C=O)CC(O)CN1[C@@H]2C[CH]C[C@@]1(C(N)=O)CC2. The van der Waals surface area contributed by atoms with Crippen LogP contribution in [0.1, 0.15) is 25.7 Å². The van der Waals surface area contributed by atoms with E-state index in [4.69, 9.17) is 5.73 Å². The summed E-state index contributed by atoms with van der Waals surface area (Å²) in [7, 11) is 1.62. The van der Waals surface area contributed by atoms with E-state index in [0.717, 1.165) is 19.3 Å². The summed E-state index contributed by atoms with van der Waals surface area (Å²) in [4.78, 5) is 25.8. The first-order valence-corrected chi connectivity index (χ1v) is 6.71. The van der Waals surface area contributed by atoms with Gasteiger partial charge in [0.25, 0.3) is 0 Å². The molecule has 1 unspecified atom stereocenters. The first-order valence-electron chi connectivity index (χ1n) is 6.71. The van der Waals surface area contributed by atoms with E-state index in [0.29, 0.717) is 19.4 Å². The Morgan fingerprint density at radius 2 is 2.47 bits per heavy atom. The lowest BCUT2D eigenvalue weighted by Crippen LogP contribution is -2.60. The Labute approximate surface area is 113 Å². The largest absolute Gasteiger partial charge is 0.390 e. The molecule has 2 heterocycles. The highest BCUT2D eigenvalue weighted by Gasteiger charge is 2.52. The van der Waals surface area contributed by atoms with Gasteiger partial charge in [-0.05, 0) is 32.1 Å². The number of β-amino-alcohol motifs (C(OH)–C–C–N with tert-alkyl or cyclic N) is 1. The number of primary amides is 1. The topological polar surface area (TPSA) is 86.9 Å². The number of likely N-dealkylation sites (N-methyl/N-ethyl adjacent to an activating group) is 1. The van der Waals surface area contributed by atoms with Crippen molar-refractivity contribution in [2.45, 2.75) is 43.4 Å². The Bertz CT molecular complexity index is 359. The second-order valence-electron chi connectivity index (χ2n) is 5.67. The summed E-state index contributed by atoms with van der Waals surface area (Å²) in [6.45, 7) is 0.658. The maximum atomic E-state index is 11.8. The van der Waals surface area contributed by atoms with Gasteiger partial charge in [0, 0.05) is 26.2 Å². The highest BCUT2D eigenvalue weighted by Crippen LogP contribution is 2.43. The van der Waals surface area contributed by atoms with Gasteiger partial charge < -0.3 is 15.7 Å². The number of hydrogen-bond acceptors (Lipinski definition) is 4. The summed E-state index contributed by atoms with van der Waals surface area (Å²) in [5.74, 6) is -0.304. The van der Waals surface area contributed by atoms with Crippen molar-refractivity contribution in [1.29, 1.82) is 0 Å². The molecule has 107 valence electrons. The van der Waals surface area contributed by atoms with E-state index >= 15 is 0 Å². The van der Waals surface area contributed by atoms with Gasteiger partial charge >= 0.3 is 0 Å². The monoisotopic (exact) mass is 268 g/mol. The molecule has 0 aromatic heterocycles. The van der Waals surface area contributed by atoms with E-state index in [-0.39, 0.29) is 18.5 Å². The smallest absolute Gasteiger partial charge is 0.237 e. The fraction of sp³-hybridized carbons (Fsp3) is 0.769. The summed E-state index contributed by atoms with van der Waals surface area (Å²) in [5.41, 5.74) is 4.96. The quantitative estimate of drug-likeness (QED) is 0.613. The van der Waals surface area contributed by atoms with Crippen molar-refractivity contribution in [3.8, 4) is 0 Å². The van der Waals surface area contributed by atoms with E-state index in [9.17, 15) is 14.7 Å². The molecule has 2 bridgehead atoms. The van der Waals surface area contributed by atoms with Crippen LogP contribution < -0.4 is 5.73 Å². The predicted molar refractivity (Wildman–Crippen MR) is 69.9 cm³/mol. The minimum absolute atomic E-state index is 0.269. The van der Waals surface area contributed by atoms with Gasteiger partial charge in [-0.1, -0.05) is 0 Å². The molecule has 2 aliphatic rings. The van der Waals surface area contributed by atoms with Crippen molar-refractivity contribution in [2.75, 3.05) is 20.1 Å². The van der Waals surface area contributed by atoms with E-state index in [2.05, 4.69) is 11.3 Å². The molecular weight excluding hydrogens is 246 g/mol. The average Bonchev–Trinajstić information content (AvgIpc) is 2.59. The zero-order valence-corrected chi connectivity index (χ0v) is 11.3. The zero-order chi connectivity index (χ0) is 14.0. The molecule has 2 amide bonds. The van der Waals surface area contributed by atoms with Gasteiger partial charge in [-0.25, -0.2) is 0 Å². The van der Waals surface area contributed by atoms with Crippen LogP contribution in [-0.2, 0) is 9.59 Å². The van der Waals surface area contributed by atoms with Crippen LogP contribution in [0.15, 0.2) is 0 Å². The Kier molecular flexibility index (Phi) is 4.10. The second kappa shape index (κ2) is 5.46. The Morgan fingerprint density at radius 1 is 1.74 bits per heavy atom. The van der Waals surface area contributed by atoms with Crippen LogP contribution in [0, 0.1) is 6.42 Å². The van der Waals surface area contributed by atoms with Crippen LogP contribution in [0.4, 0.5) is 0 Å². The summed E-state index contributed by atoms with van der Waals surface area (Å²) < 4.78 is 0. The number of aliphatic hydroxyl groups is 1. The molecule has 19 heavy (non-hydrogen) atoms. The number of nitrogens with zero attached hydrogens (tertiary/aromatic N) is 2. The molecule has 6 heteroatoms. The lowest BCUT2D eigenvalue weighted by Gasteiger charge is -2.43. The molecule has 3 N–H and O–H groups in total. The van der Waals surface area contributed by atoms with Gasteiger partial charge in [0.2, 0.25) is 12.3 Å². The van der Waals surface area contributed by atoms with Gasteiger partial charge in [-0.3, -0.25) is 14.5 Å².